The number of hydrogen-bond donors (Lipinski definition) is 1. The highest BCUT2D eigenvalue weighted by Crippen LogP contribution is 2.32. The number of aromatic amines is 1. The van der Waals surface area contributed by atoms with Gasteiger partial charge < -0.3 is 9.55 Å². The second kappa shape index (κ2) is 6.91. The Morgan fingerprint density at radius 2 is 1.93 bits per heavy atom. The topological polar surface area (TPSA) is 120 Å². The third kappa shape index (κ3) is 2.94. The summed E-state index contributed by atoms with van der Waals surface area (Å²) in [6, 6.07) is 4.23. The van der Waals surface area contributed by atoms with Crippen molar-refractivity contribution in [3.8, 4) is 5.69 Å². The van der Waals surface area contributed by atoms with Crippen LogP contribution < -0.4 is 11.1 Å². The summed E-state index contributed by atoms with van der Waals surface area (Å²) in [5.74, 6) is 0. The fourth-order valence-electron chi connectivity index (χ4n) is 3.95. The number of nitro benzene ring substituents is 1. The molecule has 2 aromatic heterocycles. The van der Waals surface area contributed by atoms with Crippen molar-refractivity contribution >= 4 is 23.0 Å². The molecule has 1 fully saturated rings. The van der Waals surface area contributed by atoms with Crippen LogP contribution in [0.4, 0.5) is 5.69 Å². The van der Waals surface area contributed by atoms with Crippen LogP contribution >= 0.6 is 0 Å². The standard InChI is InChI=1S/C19H18N4O5/c24-11-12-6-7-21(10-12)16-9-15-14(8-17(16)23(27)28)20-18(25)19(26)22(15)13-4-2-1-3-5-13/h6-11,13H,1-5H2,(H,20,25). The normalized spacial score (nSPS) is 15.0. The van der Waals surface area contributed by atoms with Gasteiger partial charge in [-0.1, -0.05) is 19.3 Å². The van der Waals surface area contributed by atoms with Crippen LogP contribution in [0.3, 0.4) is 0 Å². The van der Waals surface area contributed by atoms with Crippen LogP contribution in [0.5, 0.6) is 0 Å². The highest BCUT2D eigenvalue weighted by atomic mass is 16.6. The van der Waals surface area contributed by atoms with Crippen molar-refractivity contribution < 1.29 is 9.72 Å². The molecule has 0 unspecified atom stereocenters. The monoisotopic (exact) mass is 382 g/mol. The molecule has 1 N–H and O–H groups in total. The molecular weight excluding hydrogens is 364 g/mol. The zero-order valence-corrected chi connectivity index (χ0v) is 15.0. The van der Waals surface area contributed by atoms with Crippen LogP contribution in [0.25, 0.3) is 16.7 Å². The summed E-state index contributed by atoms with van der Waals surface area (Å²) in [6.45, 7) is 0. The lowest BCUT2D eigenvalue weighted by Crippen LogP contribution is -2.39. The maximum absolute atomic E-state index is 12.6. The molecule has 1 aromatic carbocycles. The maximum Gasteiger partial charge on any atom is 0.316 e. The summed E-state index contributed by atoms with van der Waals surface area (Å²) in [4.78, 5) is 49.3. The Kier molecular flexibility index (Phi) is 4.42. The number of carbonyl (C=O) groups is 1. The van der Waals surface area contributed by atoms with E-state index < -0.39 is 16.0 Å². The van der Waals surface area contributed by atoms with Gasteiger partial charge in [-0.15, -0.1) is 0 Å². The van der Waals surface area contributed by atoms with Crippen molar-refractivity contribution in [3.05, 3.63) is 67.0 Å². The molecule has 0 amide bonds. The number of hydrogen-bond acceptors (Lipinski definition) is 5. The first kappa shape index (κ1) is 17.9. The number of aromatic nitrogens is 3. The van der Waals surface area contributed by atoms with E-state index in [0.29, 0.717) is 17.4 Å². The Balaban J connectivity index is 2.04. The Hall–Kier alpha value is -3.49. The summed E-state index contributed by atoms with van der Waals surface area (Å²) < 4.78 is 2.95. The largest absolute Gasteiger partial charge is 0.317 e. The van der Waals surface area contributed by atoms with Gasteiger partial charge in [-0.25, -0.2) is 0 Å². The Bertz CT molecular complexity index is 1200. The molecule has 0 bridgehead atoms. The molecule has 4 rings (SSSR count). The van der Waals surface area contributed by atoms with E-state index in [4.69, 9.17) is 0 Å². The lowest BCUT2D eigenvalue weighted by atomic mass is 9.95. The van der Waals surface area contributed by atoms with Crippen LogP contribution in [0.15, 0.2) is 40.2 Å². The molecule has 2 heterocycles. The molecule has 9 nitrogen and oxygen atoms in total. The molecule has 0 spiro atoms. The van der Waals surface area contributed by atoms with Gasteiger partial charge in [0, 0.05) is 30.1 Å². The fraction of sp³-hybridized carbons (Fsp3) is 0.316. The number of rotatable bonds is 4. The van der Waals surface area contributed by atoms with Gasteiger partial charge in [0.25, 0.3) is 5.69 Å². The molecule has 28 heavy (non-hydrogen) atoms. The van der Waals surface area contributed by atoms with Crippen molar-refractivity contribution in [2.75, 3.05) is 0 Å². The Morgan fingerprint density at radius 1 is 1.18 bits per heavy atom. The van der Waals surface area contributed by atoms with Crippen molar-refractivity contribution in [3.63, 3.8) is 0 Å². The molecule has 0 saturated heterocycles. The van der Waals surface area contributed by atoms with Gasteiger partial charge in [-0.2, -0.15) is 0 Å². The second-order valence-electron chi connectivity index (χ2n) is 7.01. The molecule has 3 aromatic rings. The predicted octanol–water partition coefficient (Wildman–Crippen LogP) is 2.71. The van der Waals surface area contributed by atoms with Gasteiger partial charge in [0.05, 0.1) is 16.0 Å². The third-order valence-corrected chi connectivity index (χ3v) is 5.28. The SMILES string of the molecule is O=Cc1ccn(-c2cc3c(cc2[N+](=O)[O-])[nH]c(=O)c(=O)n3C2CCCCC2)c1. The Labute approximate surface area is 158 Å². The van der Waals surface area contributed by atoms with E-state index >= 15 is 0 Å². The van der Waals surface area contributed by atoms with Gasteiger partial charge in [-0.3, -0.25) is 29.1 Å². The predicted molar refractivity (Wildman–Crippen MR) is 102 cm³/mol. The zero-order chi connectivity index (χ0) is 19.8. The number of carbonyl (C=O) groups excluding carboxylic acids is 1. The van der Waals surface area contributed by atoms with Gasteiger partial charge in [0.15, 0.2) is 6.29 Å². The number of benzene rings is 1. The summed E-state index contributed by atoms with van der Waals surface area (Å²) in [5.41, 5.74) is -0.386. The summed E-state index contributed by atoms with van der Waals surface area (Å²) >= 11 is 0. The lowest BCUT2D eigenvalue weighted by molar-refractivity contribution is -0.384. The molecule has 1 saturated carbocycles. The van der Waals surface area contributed by atoms with Crippen LogP contribution in [0.2, 0.25) is 0 Å². The number of fused-ring (bicyclic) bond motifs is 1. The zero-order valence-electron chi connectivity index (χ0n) is 15.0. The molecular formula is C19H18N4O5. The first-order valence-electron chi connectivity index (χ1n) is 9.10. The molecule has 1 aliphatic rings. The highest BCUT2D eigenvalue weighted by molar-refractivity contribution is 5.83. The molecule has 9 heteroatoms. The minimum atomic E-state index is -0.788. The smallest absolute Gasteiger partial charge is 0.316 e. The maximum atomic E-state index is 12.6. The molecule has 0 aliphatic heterocycles. The highest BCUT2D eigenvalue weighted by Gasteiger charge is 2.24. The van der Waals surface area contributed by atoms with Crippen LogP contribution in [0, 0.1) is 10.1 Å². The van der Waals surface area contributed by atoms with E-state index in [9.17, 15) is 24.5 Å². The summed E-state index contributed by atoms with van der Waals surface area (Å²) in [5, 5.41) is 11.6. The van der Waals surface area contributed by atoms with Crippen LogP contribution in [0.1, 0.15) is 48.5 Å². The van der Waals surface area contributed by atoms with E-state index in [1.807, 2.05) is 0 Å². The van der Waals surface area contributed by atoms with E-state index in [0.717, 1.165) is 32.1 Å². The van der Waals surface area contributed by atoms with Crippen molar-refractivity contribution in [1.29, 1.82) is 0 Å². The van der Waals surface area contributed by atoms with Gasteiger partial charge >= 0.3 is 11.1 Å². The number of nitro groups is 1. The third-order valence-electron chi connectivity index (χ3n) is 5.28. The minimum absolute atomic E-state index is 0.115. The minimum Gasteiger partial charge on any atom is -0.317 e. The van der Waals surface area contributed by atoms with E-state index in [1.165, 1.54) is 27.5 Å². The Morgan fingerprint density at radius 3 is 2.57 bits per heavy atom. The quantitative estimate of drug-likeness (QED) is 0.322. The van der Waals surface area contributed by atoms with E-state index in [2.05, 4.69) is 4.98 Å². The molecule has 1 aliphatic carbocycles. The number of nitrogens with one attached hydrogen (secondary N) is 1. The lowest BCUT2D eigenvalue weighted by Gasteiger charge is -2.25. The van der Waals surface area contributed by atoms with Crippen LogP contribution in [-0.4, -0.2) is 25.3 Å². The average molecular weight is 382 g/mol. The first-order chi connectivity index (χ1) is 13.5. The van der Waals surface area contributed by atoms with Crippen LogP contribution in [-0.2, 0) is 0 Å². The van der Waals surface area contributed by atoms with Crippen molar-refractivity contribution in [2.24, 2.45) is 0 Å². The van der Waals surface area contributed by atoms with Crippen molar-refractivity contribution in [1.82, 2.24) is 14.1 Å². The molecule has 0 radical (unpaired) electrons. The second-order valence-corrected chi connectivity index (χ2v) is 7.01. The van der Waals surface area contributed by atoms with Gasteiger partial charge in [0.2, 0.25) is 0 Å². The number of aldehydes is 1. The number of nitrogens with zero attached hydrogens (tertiary/aromatic N) is 3. The van der Waals surface area contributed by atoms with Gasteiger partial charge in [-0.05, 0) is 25.0 Å². The van der Waals surface area contributed by atoms with Gasteiger partial charge in [0.1, 0.15) is 5.69 Å². The van der Waals surface area contributed by atoms with E-state index in [-0.39, 0.29) is 22.9 Å². The van der Waals surface area contributed by atoms with Crippen molar-refractivity contribution in [2.45, 2.75) is 38.1 Å². The molecule has 144 valence electrons. The fourth-order valence-corrected chi connectivity index (χ4v) is 3.95. The average Bonchev–Trinajstić information content (AvgIpc) is 3.18. The van der Waals surface area contributed by atoms with E-state index in [1.54, 1.807) is 12.3 Å². The summed E-state index contributed by atoms with van der Waals surface area (Å²) in [6.07, 6.45) is 8.26. The first-order valence-corrected chi connectivity index (χ1v) is 9.10. The summed E-state index contributed by atoms with van der Waals surface area (Å²) in [7, 11) is 0. The number of H-pyrrole nitrogens is 1. The molecule has 0 atom stereocenters.